The summed E-state index contributed by atoms with van der Waals surface area (Å²) in [5.74, 6) is 0.646. The number of hydrogen-bond donors (Lipinski definition) is 1. The van der Waals surface area contributed by atoms with Crippen LogP contribution in [0.3, 0.4) is 0 Å². The molecule has 1 aliphatic carbocycles. The van der Waals surface area contributed by atoms with Crippen LogP contribution in [0.2, 0.25) is 0 Å². The molecule has 0 aliphatic heterocycles. The second-order valence-corrected chi connectivity index (χ2v) is 6.10. The smallest absolute Gasteiger partial charge is 0.0997 e. The molecule has 0 atom stereocenters. The van der Waals surface area contributed by atoms with Crippen molar-refractivity contribution in [2.75, 3.05) is 0 Å². The van der Waals surface area contributed by atoms with Crippen LogP contribution in [0.5, 0.6) is 0 Å². The molecule has 0 unspecified atom stereocenters. The van der Waals surface area contributed by atoms with Crippen LogP contribution in [0.1, 0.15) is 88.4 Å². The minimum absolute atomic E-state index is 0.529. The molecule has 2 N–H and O–H groups in total. The van der Waals surface area contributed by atoms with Gasteiger partial charge in [0.25, 0.3) is 0 Å². The Labute approximate surface area is 123 Å². The maximum atomic E-state index is 5.85. The molecule has 1 heterocycles. The first-order valence-electron chi connectivity index (χ1n) is 8.49. The van der Waals surface area contributed by atoms with Crippen LogP contribution >= 0.6 is 0 Å². The van der Waals surface area contributed by atoms with Crippen LogP contribution in [0.4, 0.5) is 0 Å². The van der Waals surface area contributed by atoms with Gasteiger partial charge in [0, 0.05) is 19.0 Å². The van der Waals surface area contributed by atoms with Crippen molar-refractivity contribution in [1.29, 1.82) is 0 Å². The van der Waals surface area contributed by atoms with Crippen LogP contribution < -0.4 is 5.73 Å². The molecule has 2 rings (SSSR count). The van der Waals surface area contributed by atoms with Gasteiger partial charge in [-0.25, -0.2) is 4.68 Å². The summed E-state index contributed by atoms with van der Waals surface area (Å²) in [6.45, 7) is 3.80. The van der Waals surface area contributed by atoms with Crippen LogP contribution in [0.15, 0.2) is 0 Å². The second-order valence-electron chi connectivity index (χ2n) is 6.10. The second kappa shape index (κ2) is 8.40. The van der Waals surface area contributed by atoms with Crippen molar-refractivity contribution in [2.45, 2.75) is 90.1 Å². The molecule has 0 spiro atoms. The molecule has 1 aliphatic rings. The Bertz CT molecular complexity index is 380. The highest BCUT2D eigenvalue weighted by Gasteiger charge is 2.23. The Kier molecular flexibility index (Phi) is 6.51. The van der Waals surface area contributed by atoms with Gasteiger partial charge in [0.05, 0.1) is 11.4 Å². The fourth-order valence-electron chi connectivity index (χ4n) is 3.35. The summed E-state index contributed by atoms with van der Waals surface area (Å²) in [5.41, 5.74) is 8.23. The van der Waals surface area contributed by atoms with Gasteiger partial charge in [-0.1, -0.05) is 57.1 Å². The van der Waals surface area contributed by atoms with E-state index in [-0.39, 0.29) is 0 Å². The first-order valence-corrected chi connectivity index (χ1v) is 8.49. The Balaban J connectivity index is 1.95. The van der Waals surface area contributed by atoms with Crippen molar-refractivity contribution in [3.05, 3.63) is 11.4 Å². The fraction of sp³-hybridized carbons (Fsp3) is 0.875. The lowest BCUT2D eigenvalue weighted by Gasteiger charge is -2.23. The van der Waals surface area contributed by atoms with Crippen LogP contribution in [-0.4, -0.2) is 15.0 Å². The molecule has 0 aromatic carbocycles. The van der Waals surface area contributed by atoms with E-state index in [0.717, 1.165) is 12.2 Å². The first-order chi connectivity index (χ1) is 9.86. The Morgan fingerprint density at radius 3 is 2.55 bits per heavy atom. The van der Waals surface area contributed by atoms with Gasteiger partial charge in [-0.15, -0.1) is 5.10 Å². The van der Waals surface area contributed by atoms with E-state index < -0.39 is 0 Å². The predicted octanol–water partition coefficient (Wildman–Crippen LogP) is 3.75. The molecule has 114 valence electrons. The van der Waals surface area contributed by atoms with Crippen molar-refractivity contribution in [2.24, 2.45) is 5.73 Å². The van der Waals surface area contributed by atoms with Gasteiger partial charge in [-0.2, -0.15) is 0 Å². The summed E-state index contributed by atoms with van der Waals surface area (Å²) in [4.78, 5) is 0. The van der Waals surface area contributed by atoms with Crippen molar-refractivity contribution in [3.63, 3.8) is 0 Å². The molecule has 0 amide bonds. The van der Waals surface area contributed by atoms with E-state index in [1.807, 2.05) is 0 Å². The highest BCUT2D eigenvalue weighted by molar-refractivity contribution is 5.16. The number of hydrogen-bond acceptors (Lipinski definition) is 3. The van der Waals surface area contributed by atoms with Gasteiger partial charge in [-0.05, 0) is 19.3 Å². The van der Waals surface area contributed by atoms with Gasteiger partial charge in [0.2, 0.25) is 0 Å². The standard InChI is InChI=1S/C16H30N4/c1-2-3-4-5-9-12-20-16(15(13-17)18-19-20)14-10-7-6-8-11-14/h14H,2-13,17H2,1H3. The van der Waals surface area contributed by atoms with E-state index in [1.165, 1.54) is 69.9 Å². The van der Waals surface area contributed by atoms with Gasteiger partial charge in [0.1, 0.15) is 0 Å². The lowest BCUT2D eigenvalue weighted by Crippen LogP contribution is -2.15. The summed E-state index contributed by atoms with van der Waals surface area (Å²) in [7, 11) is 0. The van der Waals surface area contributed by atoms with Crippen molar-refractivity contribution in [3.8, 4) is 0 Å². The summed E-state index contributed by atoms with van der Waals surface area (Å²) in [6, 6.07) is 0. The number of aryl methyl sites for hydroxylation is 1. The number of unbranched alkanes of at least 4 members (excludes halogenated alkanes) is 4. The van der Waals surface area contributed by atoms with E-state index in [4.69, 9.17) is 5.73 Å². The zero-order valence-electron chi connectivity index (χ0n) is 13.0. The van der Waals surface area contributed by atoms with Crippen LogP contribution in [0, 0.1) is 0 Å². The Hall–Kier alpha value is -0.900. The molecule has 4 nitrogen and oxygen atoms in total. The predicted molar refractivity (Wildman–Crippen MR) is 82.5 cm³/mol. The van der Waals surface area contributed by atoms with Crippen molar-refractivity contribution < 1.29 is 0 Å². The number of nitrogens with two attached hydrogens (primary N) is 1. The quantitative estimate of drug-likeness (QED) is 0.737. The van der Waals surface area contributed by atoms with Gasteiger partial charge in [0.15, 0.2) is 0 Å². The molecule has 0 bridgehead atoms. The summed E-state index contributed by atoms with van der Waals surface area (Å²) in [6.07, 6.45) is 13.2. The fourth-order valence-corrected chi connectivity index (χ4v) is 3.35. The molecule has 1 fully saturated rings. The van der Waals surface area contributed by atoms with Crippen LogP contribution in [0.25, 0.3) is 0 Å². The minimum atomic E-state index is 0.529. The molecule has 0 radical (unpaired) electrons. The third-order valence-corrected chi connectivity index (χ3v) is 4.51. The monoisotopic (exact) mass is 278 g/mol. The molecule has 1 aromatic rings. The van der Waals surface area contributed by atoms with Crippen LogP contribution in [-0.2, 0) is 13.1 Å². The van der Waals surface area contributed by atoms with Crippen molar-refractivity contribution in [1.82, 2.24) is 15.0 Å². The highest BCUT2D eigenvalue weighted by Crippen LogP contribution is 2.33. The Morgan fingerprint density at radius 2 is 1.85 bits per heavy atom. The average molecular weight is 278 g/mol. The first kappa shape index (κ1) is 15.5. The maximum Gasteiger partial charge on any atom is 0.0997 e. The molecule has 1 aromatic heterocycles. The van der Waals surface area contributed by atoms with Gasteiger partial charge < -0.3 is 5.73 Å². The molecule has 4 heteroatoms. The topological polar surface area (TPSA) is 56.7 Å². The zero-order chi connectivity index (χ0) is 14.2. The largest absolute Gasteiger partial charge is 0.325 e. The molecule has 20 heavy (non-hydrogen) atoms. The number of nitrogens with zero attached hydrogens (tertiary/aromatic N) is 3. The third kappa shape index (κ3) is 4.05. The van der Waals surface area contributed by atoms with Crippen molar-refractivity contribution >= 4 is 0 Å². The summed E-state index contributed by atoms with van der Waals surface area (Å²) < 4.78 is 2.16. The van der Waals surface area contributed by atoms with E-state index in [0.29, 0.717) is 12.5 Å². The summed E-state index contributed by atoms with van der Waals surface area (Å²) in [5, 5.41) is 8.68. The lowest BCUT2D eigenvalue weighted by molar-refractivity contribution is 0.406. The van der Waals surface area contributed by atoms with Gasteiger partial charge in [-0.3, -0.25) is 0 Å². The number of rotatable bonds is 8. The summed E-state index contributed by atoms with van der Waals surface area (Å²) >= 11 is 0. The molecule has 1 saturated carbocycles. The molecular weight excluding hydrogens is 248 g/mol. The molecule has 0 saturated heterocycles. The van der Waals surface area contributed by atoms with E-state index >= 15 is 0 Å². The highest BCUT2D eigenvalue weighted by atomic mass is 15.4. The van der Waals surface area contributed by atoms with E-state index in [9.17, 15) is 0 Å². The molecular formula is C16H30N4. The number of aromatic nitrogens is 3. The van der Waals surface area contributed by atoms with E-state index in [1.54, 1.807) is 0 Å². The third-order valence-electron chi connectivity index (χ3n) is 4.51. The van der Waals surface area contributed by atoms with E-state index in [2.05, 4.69) is 21.9 Å². The SMILES string of the molecule is CCCCCCCn1nnc(CN)c1C1CCCCC1. The Morgan fingerprint density at radius 1 is 1.10 bits per heavy atom. The van der Waals surface area contributed by atoms with Gasteiger partial charge >= 0.3 is 0 Å². The zero-order valence-corrected chi connectivity index (χ0v) is 13.0. The minimum Gasteiger partial charge on any atom is -0.325 e. The normalized spacial score (nSPS) is 16.7. The lowest BCUT2D eigenvalue weighted by atomic mass is 9.86. The average Bonchev–Trinajstić information content (AvgIpc) is 2.91. The maximum absolute atomic E-state index is 5.85.